The zero-order valence-corrected chi connectivity index (χ0v) is 13.5. The van der Waals surface area contributed by atoms with Crippen molar-refractivity contribution >= 4 is 16.8 Å². The van der Waals surface area contributed by atoms with Crippen molar-refractivity contribution in [2.24, 2.45) is 0 Å². The zero-order valence-electron chi connectivity index (χ0n) is 13.5. The van der Waals surface area contributed by atoms with Crippen LogP contribution < -0.4 is 5.32 Å². The van der Waals surface area contributed by atoms with Crippen LogP contribution in [-0.4, -0.2) is 29.1 Å². The number of amides is 1. The Hall–Kier alpha value is -2.59. The number of aromatic nitrogens is 1. The van der Waals surface area contributed by atoms with Crippen molar-refractivity contribution in [2.45, 2.75) is 18.8 Å². The summed E-state index contributed by atoms with van der Waals surface area (Å²) in [7, 11) is 0. The van der Waals surface area contributed by atoms with Crippen molar-refractivity contribution in [3.8, 4) is 0 Å². The highest BCUT2D eigenvalue weighted by molar-refractivity contribution is 5.88. The summed E-state index contributed by atoms with van der Waals surface area (Å²) in [6.45, 7) is 0.643. The third-order valence-electron chi connectivity index (χ3n) is 4.32. The van der Waals surface area contributed by atoms with Gasteiger partial charge in [-0.25, -0.2) is 0 Å². The van der Waals surface area contributed by atoms with Gasteiger partial charge in [-0.3, -0.25) is 4.79 Å². The molecule has 4 heteroatoms. The Bertz CT molecular complexity index is 796. The van der Waals surface area contributed by atoms with Crippen molar-refractivity contribution in [1.29, 1.82) is 0 Å². The summed E-state index contributed by atoms with van der Waals surface area (Å²) in [4.78, 5) is 15.5. The maximum atomic E-state index is 12.3. The first-order chi connectivity index (χ1) is 11.8. The number of aliphatic hydroxyl groups excluding tert-OH is 1. The number of benzene rings is 2. The van der Waals surface area contributed by atoms with E-state index in [4.69, 9.17) is 0 Å². The average Bonchev–Trinajstić information content (AvgIpc) is 3.02. The number of carbonyl (C=O) groups excluding carboxylic acids is 1. The number of aliphatic hydroxyl groups is 1. The van der Waals surface area contributed by atoms with Crippen molar-refractivity contribution in [2.75, 3.05) is 13.2 Å². The molecule has 124 valence electrons. The van der Waals surface area contributed by atoms with Crippen LogP contribution >= 0.6 is 0 Å². The number of para-hydroxylation sites is 1. The molecule has 24 heavy (non-hydrogen) atoms. The minimum Gasteiger partial charge on any atom is -0.396 e. The molecule has 3 N–H and O–H groups in total. The van der Waals surface area contributed by atoms with Gasteiger partial charge in [0.05, 0.1) is 6.42 Å². The number of rotatable bonds is 7. The van der Waals surface area contributed by atoms with Gasteiger partial charge in [-0.1, -0.05) is 48.5 Å². The molecule has 0 bridgehead atoms. The minimum atomic E-state index is -0.00127. The Morgan fingerprint density at radius 3 is 2.62 bits per heavy atom. The fourth-order valence-corrected chi connectivity index (χ4v) is 3.02. The molecular weight excluding hydrogens is 300 g/mol. The third kappa shape index (κ3) is 3.84. The standard InChI is InChI=1S/C20H22N2O2/c23-11-10-16(15-6-2-1-3-7-15)13-22-20(24)12-17-14-21-19-9-5-4-8-18(17)19/h1-9,14,16,21,23H,10-13H2,(H,22,24). The molecule has 1 unspecified atom stereocenters. The Morgan fingerprint density at radius 1 is 1.08 bits per heavy atom. The first kappa shape index (κ1) is 16.3. The lowest BCUT2D eigenvalue weighted by Gasteiger charge is -2.17. The first-order valence-electron chi connectivity index (χ1n) is 8.25. The largest absolute Gasteiger partial charge is 0.396 e. The van der Waals surface area contributed by atoms with E-state index < -0.39 is 0 Å². The molecule has 2 aromatic carbocycles. The van der Waals surface area contributed by atoms with Gasteiger partial charge in [0, 0.05) is 36.2 Å². The van der Waals surface area contributed by atoms with Crippen LogP contribution in [0.15, 0.2) is 60.8 Å². The van der Waals surface area contributed by atoms with Crippen molar-refractivity contribution in [1.82, 2.24) is 10.3 Å². The van der Waals surface area contributed by atoms with E-state index >= 15 is 0 Å². The molecule has 0 fully saturated rings. The maximum Gasteiger partial charge on any atom is 0.224 e. The highest BCUT2D eigenvalue weighted by atomic mass is 16.3. The predicted molar refractivity (Wildman–Crippen MR) is 95.9 cm³/mol. The van der Waals surface area contributed by atoms with E-state index in [0.717, 1.165) is 22.0 Å². The third-order valence-corrected chi connectivity index (χ3v) is 4.32. The summed E-state index contributed by atoms with van der Waals surface area (Å²) in [6, 6.07) is 18.0. The van der Waals surface area contributed by atoms with E-state index in [0.29, 0.717) is 19.4 Å². The van der Waals surface area contributed by atoms with Gasteiger partial charge in [0.2, 0.25) is 5.91 Å². The van der Waals surface area contributed by atoms with Crippen LogP contribution in [0.1, 0.15) is 23.5 Å². The van der Waals surface area contributed by atoms with Crippen LogP contribution in [0.2, 0.25) is 0 Å². The molecule has 1 heterocycles. The van der Waals surface area contributed by atoms with Crippen molar-refractivity contribution in [3.63, 3.8) is 0 Å². The van der Waals surface area contributed by atoms with Gasteiger partial charge in [0.1, 0.15) is 0 Å². The van der Waals surface area contributed by atoms with Crippen LogP contribution in [0.3, 0.4) is 0 Å². The Kier molecular flexibility index (Phi) is 5.29. The second-order valence-electron chi connectivity index (χ2n) is 5.96. The molecular formula is C20H22N2O2. The minimum absolute atomic E-state index is 0.00127. The molecule has 0 saturated heterocycles. The molecule has 3 rings (SSSR count). The highest BCUT2D eigenvalue weighted by Crippen LogP contribution is 2.20. The average molecular weight is 322 g/mol. The molecule has 0 saturated carbocycles. The smallest absolute Gasteiger partial charge is 0.224 e. The van der Waals surface area contributed by atoms with E-state index in [1.807, 2.05) is 60.8 Å². The van der Waals surface area contributed by atoms with Gasteiger partial charge in [-0.05, 0) is 23.6 Å². The van der Waals surface area contributed by atoms with Gasteiger partial charge in [-0.15, -0.1) is 0 Å². The maximum absolute atomic E-state index is 12.3. The van der Waals surface area contributed by atoms with Gasteiger partial charge in [0.15, 0.2) is 0 Å². The number of hydrogen-bond acceptors (Lipinski definition) is 2. The predicted octanol–water partition coefficient (Wildman–Crippen LogP) is 2.99. The fourth-order valence-electron chi connectivity index (χ4n) is 3.02. The van der Waals surface area contributed by atoms with Crippen LogP contribution in [0.5, 0.6) is 0 Å². The molecule has 1 atom stereocenters. The van der Waals surface area contributed by atoms with Gasteiger partial charge in [-0.2, -0.15) is 0 Å². The van der Waals surface area contributed by atoms with Crippen molar-refractivity contribution < 1.29 is 9.90 Å². The van der Waals surface area contributed by atoms with E-state index in [-0.39, 0.29) is 18.4 Å². The lowest BCUT2D eigenvalue weighted by Crippen LogP contribution is -2.30. The highest BCUT2D eigenvalue weighted by Gasteiger charge is 2.13. The van der Waals surface area contributed by atoms with E-state index in [2.05, 4.69) is 10.3 Å². The summed E-state index contributed by atoms with van der Waals surface area (Å²) < 4.78 is 0. The summed E-state index contributed by atoms with van der Waals surface area (Å²) >= 11 is 0. The second-order valence-corrected chi connectivity index (χ2v) is 5.96. The Labute approximate surface area is 141 Å². The lowest BCUT2D eigenvalue weighted by molar-refractivity contribution is -0.120. The molecule has 0 aliphatic carbocycles. The Morgan fingerprint density at radius 2 is 1.83 bits per heavy atom. The Balaban J connectivity index is 1.62. The number of aromatic amines is 1. The van der Waals surface area contributed by atoms with Crippen LogP contribution in [0, 0.1) is 0 Å². The number of nitrogens with one attached hydrogen (secondary N) is 2. The first-order valence-corrected chi connectivity index (χ1v) is 8.25. The topological polar surface area (TPSA) is 65.1 Å². The summed E-state index contributed by atoms with van der Waals surface area (Å²) in [5.41, 5.74) is 3.18. The van der Waals surface area contributed by atoms with Gasteiger partial charge >= 0.3 is 0 Å². The van der Waals surface area contributed by atoms with Crippen LogP contribution in [-0.2, 0) is 11.2 Å². The summed E-state index contributed by atoms with van der Waals surface area (Å²) in [6.07, 6.45) is 2.88. The summed E-state index contributed by atoms with van der Waals surface area (Å²) in [5, 5.41) is 13.4. The normalized spacial score (nSPS) is 12.2. The lowest BCUT2D eigenvalue weighted by atomic mass is 9.96. The van der Waals surface area contributed by atoms with Gasteiger partial charge < -0.3 is 15.4 Å². The summed E-state index contributed by atoms with van der Waals surface area (Å²) in [5.74, 6) is 0.127. The quantitative estimate of drug-likeness (QED) is 0.626. The van der Waals surface area contributed by atoms with E-state index in [1.54, 1.807) is 0 Å². The number of fused-ring (bicyclic) bond motifs is 1. The number of H-pyrrole nitrogens is 1. The molecule has 0 aliphatic heterocycles. The molecule has 0 radical (unpaired) electrons. The molecule has 0 spiro atoms. The monoisotopic (exact) mass is 322 g/mol. The van der Waals surface area contributed by atoms with Crippen LogP contribution in [0.25, 0.3) is 10.9 Å². The van der Waals surface area contributed by atoms with E-state index in [9.17, 15) is 9.90 Å². The number of hydrogen-bond donors (Lipinski definition) is 3. The second kappa shape index (κ2) is 7.79. The van der Waals surface area contributed by atoms with Gasteiger partial charge in [0.25, 0.3) is 0 Å². The fraction of sp³-hybridized carbons (Fsp3) is 0.250. The molecule has 0 aliphatic rings. The zero-order chi connectivity index (χ0) is 16.8. The molecule has 1 amide bonds. The SMILES string of the molecule is O=C(Cc1c[nH]c2ccccc12)NCC(CCO)c1ccccc1. The molecule has 4 nitrogen and oxygen atoms in total. The molecule has 3 aromatic rings. The molecule has 1 aromatic heterocycles. The van der Waals surface area contributed by atoms with Crippen molar-refractivity contribution in [3.05, 3.63) is 71.9 Å². The van der Waals surface area contributed by atoms with E-state index in [1.165, 1.54) is 0 Å². The number of carbonyl (C=O) groups is 1. The van der Waals surface area contributed by atoms with Crippen LogP contribution in [0.4, 0.5) is 0 Å².